The monoisotopic (exact) mass is 354 g/mol. The average Bonchev–Trinajstić information content (AvgIpc) is 2.58. The molecule has 0 spiro atoms. The number of halogens is 2. The first-order valence-electron chi connectivity index (χ1n) is 8.96. The zero-order chi connectivity index (χ0) is 16.2. The molecule has 1 aliphatic heterocycles. The zero-order valence-corrected chi connectivity index (χ0v) is 15.2. The zero-order valence-electron chi connectivity index (χ0n) is 14.4. The van der Waals surface area contributed by atoms with Crippen molar-refractivity contribution >= 4 is 24.0 Å². The maximum absolute atomic E-state index is 14.6. The average molecular weight is 355 g/mol. The molecule has 1 atom stereocenters. The molecule has 1 saturated carbocycles. The molecule has 5 heteroatoms. The van der Waals surface area contributed by atoms with Crippen molar-refractivity contribution < 1.29 is 9.18 Å². The van der Waals surface area contributed by atoms with E-state index in [9.17, 15) is 9.18 Å². The Kier molecular flexibility index (Phi) is 7.05. The van der Waals surface area contributed by atoms with E-state index in [0.29, 0.717) is 36.9 Å². The second-order valence-corrected chi connectivity index (χ2v) is 7.12. The van der Waals surface area contributed by atoms with Gasteiger partial charge in [-0.15, -0.1) is 12.4 Å². The lowest BCUT2D eigenvalue weighted by molar-refractivity contribution is -0.117. The summed E-state index contributed by atoms with van der Waals surface area (Å²) in [5.74, 6) is 0.715. The fraction of sp³-hybridized carbons (Fsp3) is 0.632. The molecule has 1 aromatic carbocycles. The van der Waals surface area contributed by atoms with Crippen LogP contribution in [0.4, 0.5) is 10.1 Å². The smallest absolute Gasteiger partial charge is 0.224 e. The van der Waals surface area contributed by atoms with Gasteiger partial charge in [0.15, 0.2) is 0 Å². The van der Waals surface area contributed by atoms with Gasteiger partial charge in [-0.25, -0.2) is 4.39 Å². The van der Waals surface area contributed by atoms with Crippen molar-refractivity contribution in [1.29, 1.82) is 0 Å². The van der Waals surface area contributed by atoms with Gasteiger partial charge in [0.2, 0.25) is 5.91 Å². The van der Waals surface area contributed by atoms with Crippen LogP contribution in [0, 0.1) is 17.7 Å². The molecule has 24 heavy (non-hydrogen) atoms. The van der Waals surface area contributed by atoms with Gasteiger partial charge in [-0.3, -0.25) is 4.79 Å². The third-order valence-corrected chi connectivity index (χ3v) is 5.44. The minimum Gasteiger partial charge on any atom is -0.324 e. The first kappa shape index (κ1) is 19.2. The fourth-order valence-corrected chi connectivity index (χ4v) is 3.99. The quantitative estimate of drug-likeness (QED) is 0.839. The molecule has 0 radical (unpaired) electrons. The molecule has 2 N–H and O–H groups in total. The number of benzene rings is 1. The summed E-state index contributed by atoms with van der Waals surface area (Å²) in [5.41, 5.74) is 2.09. The van der Waals surface area contributed by atoms with Crippen LogP contribution in [0.3, 0.4) is 0 Å². The van der Waals surface area contributed by atoms with Gasteiger partial charge >= 0.3 is 0 Å². The molecule has 3 nitrogen and oxygen atoms in total. The van der Waals surface area contributed by atoms with Gasteiger partial charge in [0.1, 0.15) is 5.82 Å². The van der Waals surface area contributed by atoms with Gasteiger partial charge in [0.05, 0.1) is 5.69 Å². The highest BCUT2D eigenvalue weighted by molar-refractivity contribution is 5.91. The van der Waals surface area contributed by atoms with Crippen molar-refractivity contribution in [3.05, 3.63) is 29.1 Å². The van der Waals surface area contributed by atoms with Gasteiger partial charge in [0, 0.05) is 13.0 Å². The Hall–Kier alpha value is -1.13. The molecule has 1 unspecified atom stereocenters. The third kappa shape index (κ3) is 4.48. The Bertz CT molecular complexity index is 573. The number of amides is 1. The SMILES string of the molecule is CC(CC(=O)Nc1ccc2c(c1F)CCNC2)C1CCCCC1.Cl. The minimum atomic E-state index is -0.248. The number of carbonyl (C=O) groups excluding carboxylic acids is 1. The molecule has 1 aliphatic carbocycles. The van der Waals surface area contributed by atoms with E-state index in [2.05, 4.69) is 17.6 Å². The van der Waals surface area contributed by atoms with Crippen molar-refractivity contribution in [2.24, 2.45) is 11.8 Å². The number of hydrogen-bond acceptors (Lipinski definition) is 2. The highest BCUT2D eigenvalue weighted by atomic mass is 35.5. The van der Waals surface area contributed by atoms with E-state index in [1.54, 1.807) is 6.07 Å². The second kappa shape index (κ2) is 8.82. The molecule has 1 amide bonds. The number of carbonyl (C=O) groups is 1. The molecular formula is C19H28ClFN2O. The van der Waals surface area contributed by atoms with Crippen LogP contribution in [0.2, 0.25) is 0 Å². The van der Waals surface area contributed by atoms with Gasteiger partial charge in [-0.05, 0) is 42.0 Å². The molecule has 0 saturated heterocycles. The predicted octanol–water partition coefficient (Wildman–Crippen LogP) is 4.44. The van der Waals surface area contributed by atoms with Crippen LogP contribution in [-0.4, -0.2) is 12.5 Å². The van der Waals surface area contributed by atoms with Crippen LogP contribution in [0.5, 0.6) is 0 Å². The molecule has 2 aliphatic rings. The molecule has 3 rings (SSSR count). The summed E-state index contributed by atoms with van der Waals surface area (Å²) in [7, 11) is 0. The van der Waals surface area contributed by atoms with E-state index in [4.69, 9.17) is 0 Å². The fourth-order valence-electron chi connectivity index (χ4n) is 3.99. The molecule has 0 bridgehead atoms. The van der Waals surface area contributed by atoms with Gasteiger partial charge in [0.25, 0.3) is 0 Å². The topological polar surface area (TPSA) is 41.1 Å². The van der Waals surface area contributed by atoms with Crippen molar-refractivity contribution in [3.8, 4) is 0 Å². The molecule has 0 aromatic heterocycles. The van der Waals surface area contributed by atoms with Crippen molar-refractivity contribution in [2.75, 3.05) is 11.9 Å². The molecule has 1 heterocycles. The summed E-state index contributed by atoms with van der Waals surface area (Å²) >= 11 is 0. The van der Waals surface area contributed by atoms with Crippen molar-refractivity contribution in [2.45, 2.75) is 58.4 Å². The lowest BCUT2D eigenvalue weighted by Crippen LogP contribution is -2.26. The van der Waals surface area contributed by atoms with E-state index in [0.717, 1.165) is 17.7 Å². The van der Waals surface area contributed by atoms with Gasteiger partial charge < -0.3 is 10.6 Å². The Morgan fingerprint density at radius 2 is 2.08 bits per heavy atom. The van der Waals surface area contributed by atoms with Gasteiger partial charge in [-0.1, -0.05) is 45.1 Å². The van der Waals surface area contributed by atoms with E-state index < -0.39 is 0 Å². The minimum absolute atomic E-state index is 0. The predicted molar refractivity (Wildman–Crippen MR) is 98.0 cm³/mol. The summed E-state index contributed by atoms with van der Waals surface area (Å²) in [6.45, 7) is 3.66. The molecule has 1 aromatic rings. The summed E-state index contributed by atoms with van der Waals surface area (Å²) in [5, 5.41) is 6.03. The van der Waals surface area contributed by atoms with Crippen molar-refractivity contribution in [1.82, 2.24) is 5.32 Å². The lowest BCUT2D eigenvalue weighted by atomic mass is 9.79. The number of hydrogen-bond donors (Lipinski definition) is 2. The number of anilines is 1. The number of fused-ring (bicyclic) bond motifs is 1. The largest absolute Gasteiger partial charge is 0.324 e. The van der Waals surface area contributed by atoms with Gasteiger partial charge in [-0.2, -0.15) is 0 Å². The maximum atomic E-state index is 14.6. The van der Waals surface area contributed by atoms with Crippen LogP contribution in [0.15, 0.2) is 12.1 Å². The first-order chi connectivity index (χ1) is 11.1. The molecular weight excluding hydrogens is 327 g/mol. The lowest BCUT2D eigenvalue weighted by Gasteiger charge is -2.27. The van der Waals surface area contributed by atoms with E-state index in [1.165, 1.54) is 32.1 Å². The van der Waals surface area contributed by atoms with E-state index in [1.807, 2.05) is 6.07 Å². The Morgan fingerprint density at radius 3 is 2.83 bits per heavy atom. The Balaban J connectivity index is 0.00000208. The second-order valence-electron chi connectivity index (χ2n) is 7.12. The van der Waals surface area contributed by atoms with Crippen LogP contribution >= 0.6 is 12.4 Å². The van der Waals surface area contributed by atoms with Crippen molar-refractivity contribution in [3.63, 3.8) is 0 Å². The number of rotatable bonds is 4. The first-order valence-corrected chi connectivity index (χ1v) is 8.96. The number of nitrogens with one attached hydrogen (secondary N) is 2. The van der Waals surface area contributed by atoms with Crippen LogP contribution in [-0.2, 0) is 17.8 Å². The summed E-state index contributed by atoms with van der Waals surface area (Å²) in [6.07, 6.45) is 7.52. The molecule has 134 valence electrons. The van der Waals surface area contributed by atoms with E-state index >= 15 is 0 Å². The Labute approximate surface area is 150 Å². The molecule has 1 fully saturated rings. The summed E-state index contributed by atoms with van der Waals surface area (Å²) in [6, 6.07) is 3.62. The normalized spacial score (nSPS) is 19.1. The van der Waals surface area contributed by atoms with Crippen LogP contribution in [0.25, 0.3) is 0 Å². The highest BCUT2D eigenvalue weighted by Crippen LogP contribution is 2.32. The summed E-state index contributed by atoms with van der Waals surface area (Å²) in [4.78, 5) is 12.3. The van der Waals surface area contributed by atoms with Crippen LogP contribution in [0.1, 0.15) is 56.6 Å². The third-order valence-electron chi connectivity index (χ3n) is 5.44. The maximum Gasteiger partial charge on any atom is 0.224 e. The van der Waals surface area contributed by atoms with Crippen LogP contribution < -0.4 is 10.6 Å². The van der Waals surface area contributed by atoms with E-state index in [-0.39, 0.29) is 24.1 Å². The highest BCUT2D eigenvalue weighted by Gasteiger charge is 2.23. The standard InChI is InChI=1S/C19H27FN2O.ClH/c1-13(14-5-3-2-4-6-14)11-18(23)22-17-8-7-15-12-21-10-9-16(15)19(17)20;/h7-8,13-14,21H,2-6,9-12H2,1H3,(H,22,23);1H. The summed E-state index contributed by atoms with van der Waals surface area (Å²) < 4.78 is 14.6. The Morgan fingerprint density at radius 1 is 1.33 bits per heavy atom.